The number of nitrogens with zero attached hydrogens (tertiary/aromatic N) is 4. The molecule has 0 fully saturated rings. The van der Waals surface area contributed by atoms with Gasteiger partial charge in [0.05, 0.1) is 6.54 Å². The fourth-order valence-electron chi connectivity index (χ4n) is 2.27. The molecule has 1 N–H and O–H groups in total. The average molecular weight is 262 g/mol. The lowest BCUT2D eigenvalue weighted by Gasteiger charge is -2.26. The van der Waals surface area contributed by atoms with Gasteiger partial charge in [-0.2, -0.15) is 0 Å². The summed E-state index contributed by atoms with van der Waals surface area (Å²) < 4.78 is 7.24. The number of rotatable bonds is 3. The van der Waals surface area contributed by atoms with Crippen LogP contribution in [-0.4, -0.2) is 37.3 Å². The summed E-state index contributed by atoms with van der Waals surface area (Å²) in [7, 11) is 0. The van der Waals surface area contributed by atoms with Crippen molar-refractivity contribution in [3.8, 4) is 0 Å². The van der Waals surface area contributed by atoms with Gasteiger partial charge in [-0.25, -0.2) is 4.79 Å². The van der Waals surface area contributed by atoms with Crippen molar-refractivity contribution in [2.75, 3.05) is 6.54 Å². The second-order valence-electron chi connectivity index (χ2n) is 4.65. The summed E-state index contributed by atoms with van der Waals surface area (Å²) in [5, 5.41) is 16.8. The molecule has 7 nitrogen and oxygen atoms in total. The molecule has 2 aromatic heterocycles. The van der Waals surface area contributed by atoms with Crippen LogP contribution < -0.4 is 0 Å². The lowest BCUT2D eigenvalue weighted by atomic mass is 10.2. The third-order valence-corrected chi connectivity index (χ3v) is 3.34. The Hall–Kier alpha value is -2.15. The van der Waals surface area contributed by atoms with E-state index in [1.54, 1.807) is 19.3 Å². The number of aromatic carboxylic acids is 1. The van der Waals surface area contributed by atoms with Crippen LogP contribution in [-0.2, 0) is 19.6 Å². The van der Waals surface area contributed by atoms with Crippen LogP contribution in [0.5, 0.6) is 0 Å². The zero-order chi connectivity index (χ0) is 13.4. The second-order valence-corrected chi connectivity index (χ2v) is 4.65. The number of carbonyl (C=O) groups is 1. The highest BCUT2D eigenvalue weighted by molar-refractivity contribution is 5.84. The lowest BCUT2D eigenvalue weighted by molar-refractivity contribution is 0.0661. The molecule has 7 heteroatoms. The summed E-state index contributed by atoms with van der Waals surface area (Å²) in [6.45, 7) is 4.90. The van der Waals surface area contributed by atoms with Crippen molar-refractivity contribution in [3.05, 3.63) is 35.3 Å². The van der Waals surface area contributed by atoms with Gasteiger partial charge in [0.2, 0.25) is 5.76 Å². The fourth-order valence-corrected chi connectivity index (χ4v) is 2.27. The van der Waals surface area contributed by atoms with E-state index in [1.807, 2.05) is 4.57 Å². The van der Waals surface area contributed by atoms with Crippen LogP contribution in [0.1, 0.15) is 27.7 Å². The predicted molar refractivity (Wildman–Crippen MR) is 64.5 cm³/mol. The largest absolute Gasteiger partial charge is 0.475 e. The van der Waals surface area contributed by atoms with Gasteiger partial charge in [0.25, 0.3) is 0 Å². The molecule has 100 valence electrons. The molecule has 0 atom stereocenters. The van der Waals surface area contributed by atoms with E-state index in [2.05, 4.69) is 15.1 Å². The minimum Gasteiger partial charge on any atom is -0.475 e. The molecule has 0 saturated carbocycles. The van der Waals surface area contributed by atoms with E-state index in [4.69, 9.17) is 9.52 Å². The normalized spacial score (nSPS) is 15.4. The molecule has 0 aromatic carbocycles. The highest BCUT2D eigenvalue weighted by atomic mass is 16.4. The first-order valence-corrected chi connectivity index (χ1v) is 6.05. The summed E-state index contributed by atoms with van der Waals surface area (Å²) in [6, 6.07) is 1.59. The number of aromatic nitrogens is 3. The van der Waals surface area contributed by atoms with E-state index < -0.39 is 5.97 Å². The van der Waals surface area contributed by atoms with Crippen LogP contribution in [0.25, 0.3) is 0 Å². The molecule has 3 heterocycles. The monoisotopic (exact) mass is 262 g/mol. The molecule has 0 saturated heterocycles. The zero-order valence-electron chi connectivity index (χ0n) is 10.5. The fraction of sp³-hybridized carbons (Fsp3) is 0.417. The first kappa shape index (κ1) is 11.9. The van der Waals surface area contributed by atoms with Crippen molar-refractivity contribution in [1.82, 2.24) is 19.7 Å². The smallest absolute Gasteiger partial charge is 0.371 e. The first-order chi connectivity index (χ1) is 9.13. The van der Waals surface area contributed by atoms with E-state index in [0.29, 0.717) is 18.8 Å². The Labute approximate surface area is 109 Å². The molecule has 0 aliphatic carbocycles. The van der Waals surface area contributed by atoms with Gasteiger partial charge < -0.3 is 14.1 Å². The number of hydrogen-bond donors (Lipinski definition) is 1. The van der Waals surface area contributed by atoms with Gasteiger partial charge >= 0.3 is 5.97 Å². The Bertz CT molecular complexity index is 616. The van der Waals surface area contributed by atoms with Crippen molar-refractivity contribution in [1.29, 1.82) is 0 Å². The van der Waals surface area contributed by atoms with Crippen LogP contribution >= 0.6 is 0 Å². The van der Waals surface area contributed by atoms with E-state index in [9.17, 15) is 4.79 Å². The third kappa shape index (κ3) is 2.24. The van der Waals surface area contributed by atoms with Gasteiger partial charge in [-0.3, -0.25) is 4.90 Å². The molecular weight excluding hydrogens is 248 g/mol. The van der Waals surface area contributed by atoms with Crippen molar-refractivity contribution >= 4 is 5.97 Å². The van der Waals surface area contributed by atoms with Crippen LogP contribution in [0.3, 0.4) is 0 Å². The van der Waals surface area contributed by atoms with Crippen molar-refractivity contribution in [3.63, 3.8) is 0 Å². The van der Waals surface area contributed by atoms with E-state index >= 15 is 0 Å². The van der Waals surface area contributed by atoms with E-state index in [1.165, 1.54) is 0 Å². The maximum atomic E-state index is 10.9. The molecule has 0 amide bonds. The van der Waals surface area contributed by atoms with E-state index in [-0.39, 0.29) is 5.76 Å². The molecule has 19 heavy (non-hydrogen) atoms. The number of fused-ring (bicyclic) bond motifs is 1. The summed E-state index contributed by atoms with van der Waals surface area (Å²) in [6.07, 6.45) is 1.73. The average Bonchev–Trinajstić information content (AvgIpc) is 2.96. The molecule has 0 spiro atoms. The predicted octanol–water partition coefficient (Wildman–Crippen LogP) is 0.894. The van der Waals surface area contributed by atoms with E-state index in [0.717, 1.165) is 24.5 Å². The Morgan fingerprint density at radius 3 is 3.11 bits per heavy atom. The van der Waals surface area contributed by atoms with Crippen LogP contribution in [0, 0.1) is 6.92 Å². The maximum Gasteiger partial charge on any atom is 0.371 e. The standard InChI is InChI=1S/C12H14N4O3/c1-8-9(4-10(19-8)12(17)18)5-15-2-3-16-7-13-14-11(16)6-15/h4,7H,2-3,5-6H2,1H3,(H,17,18). The Morgan fingerprint density at radius 2 is 2.37 bits per heavy atom. The van der Waals surface area contributed by atoms with Gasteiger partial charge in [0, 0.05) is 25.2 Å². The highest BCUT2D eigenvalue weighted by Gasteiger charge is 2.20. The maximum absolute atomic E-state index is 10.9. The van der Waals surface area contributed by atoms with Gasteiger partial charge in [-0.05, 0) is 13.0 Å². The first-order valence-electron chi connectivity index (χ1n) is 6.05. The van der Waals surface area contributed by atoms with Crippen molar-refractivity contribution in [2.45, 2.75) is 26.6 Å². The van der Waals surface area contributed by atoms with Gasteiger partial charge in [-0.1, -0.05) is 0 Å². The quantitative estimate of drug-likeness (QED) is 0.884. The third-order valence-electron chi connectivity index (χ3n) is 3.34. The number of furan rings is 1. The SMILES string of the molecule is Cc1oc(C(=O)O)cc1CN1CCn2cnnc2C1. The Morgan fingerprint density at radius 1 is 1.53 bits per heavy atom. The second kappa shape index (κ2) is 4.51. The molecular formula is C12H14N4O3. The molecule has 1 aliphatic heterocycles. The summed E-state index contributed by atoms with van der Waals surface area (Å²) in [5.41, 5.74) is 0.908. The minimum absolute atomic E-state index is 0.00678. The molecule has 3 rings (SSSR count). The number of aryl methyl sites for hydroxylation is 1. The molecule has 2 aromatic rings. The van der Waals surface area contributed by atoms with Crippen LogP contribution in [0.15, 0.2) is 16.8 Å². The molecule has 0 bridgehead atoms. The summed E-state index contributed by atoms with van der Waals surface area (Å²) >= 11 is 0. The Kier molecular flexibility index (Phi) is 2.83. The molecule has 0 unspecified atom stereocenters. The van der Waals surface area contributed by atoms with Gasteiger partial charge in [0.1, 0.15) is 17.9 Å². The summed E-state index contributed by atoms with van der Waals surface area (Å²) in [4.78, 5) is 13.1. The topological polar surface area (TPSA) is 84.4 Å². The van der Waals surface area contributed by atoms with Gasteiger partial charge in [-0.15, -0.1) is 10.2 Å². The van der Waals surface area contributed by atoms with Crippen LogP contribution in [0.4, 0.5) is 0 Å². The molecule has 0 radical (unpaired) electrons. The number of carboxylic acids is 1. The number of carboxylic acid groups (broad SMARTS) is 1. The van der Waals surface area contributed by atoms with Crippen molar-refractivity contribution in [2.24, 2.45) is 0 Å². The lowest BCUT2D eigenvalue weighted by Crippen LogP contribution is -2.33. The molecule has 1 aliphatic rings. The summed E-state index contributed by atoms with van der Waals surface area (Å²) in [5.74, 6) is 0.552. The van der Waals surface area contributed by atoms with Gasteiger partial charge in [0.15, 0.2) is 0 Å². The minimum atomic E-state index is -1.03. The van der Waals surface area contributed by atoms with Crippen LogP contribution in [0.2, 0.25) is 0 Å². The Balaban J connectivity index is 1.74. The number of hydrogen-bond acceptors (Lipinski definition) is 5. The zero-order valence-corrected chi connectivity index (χ0v) is 10.5. The highest BCUT2D eigenvalue weighted by Crippen LogP contribution is 2.19. The van der Waals surface area contributed by atoms with Crippen molar-refractivity contribution < 1.29 is 14.3 Å².